The van der Waals surface area contributed by atoms with Gasteiger partial charge in [-0.25, -0.2) is 18.4 Å². The van der Waals surface area contributed by atoms with Gasteiger partial charge in [0.25, 0.3) is 0 Å². The molecule has 7 heteroatoms. The molecule has 1 heterocycles. The third kappa shape index (κ3) is 3.25. The van der Waals surface area contributed by atoms with E-state index in [1.54, 1.807) is 13.0 Å². The second kappa shape index (κ2) is 5.01. The summed E-state index contributed by atoms with van der Waals surface area (Å²) >= 11 is 0. The highest BCUT2D eigenvalue weighted by Crippen LogP contribution is 2.22. The van der Waals surface area contributed by atoms with Crippen molar-refractivity contribution in [2.24, 2.45) is 5.41 Å². The number of nitrogens with zero attached hydrogens (tertiary/aromatic N) is 2. The number of carbonyl (C=O) groups excluding carboxylic acids is 1. The number of hydrogen-bond donors (Lipinski definition) is 0. The Bertz CT molecular complexity index is 552. The summed E-state index contributed by atoms with van der Waals surface area (Å²) in [4.78, 5) is 19.1. The summed E-state index contributed by atoms with van der Waals surface area (Å²) in [5, 5.41) is -0.264. The Balaban J connectivity index is 3.06. The number of sulfone groups is 1. The van der Waals surface area contributed by atoms with Crippen LogP contribution in [-0.2, 0) is 19.4 Å². The van der Waals surface area contributed by atoms with Crippen LogP contribution in [0.2, 0.25) is 0 Å². The van der Waals surface area contributed by atoms with Gasteiger partial charge in [0, 0.05) is 11.9 Å². The highest BCUT2D eigenvalue weighted by atomic mass is 32.2. The van der Waals surface area contributed by atoms with E-state index in [2.05, 4.69) is 14.7 Å². The lowest BCUT2D eigenvalue weighted by molar-refractivity contribution is -0.149. The van der Waals surface area contributed by atoms with Crippen LogP contribution in [0.25, 0.3) is 0 Å². The Morgan fingerprint density at radius 1 is 1.44 bits per heavy atom. The average molecular weight is 272 g/mol. The highest BCUT2D eigenvalue weighted by Gasteiger charge is 2.36. The summed E-state index contributed by atoms with van der Waals surface area (Å²) in [6.07, 6.45) is 1.38. The van der Waals surface area contributed by atoms with E-state index in [1.165, 1.54) is 27.2 Å². The van der Waals surface area contributed by atoms with Crippen LogP contribution in [0.3, 0.4) is 0 Å². The molecule has 0 N–H and O–H groups in total. The molecule has 0 spiro atoms. The Morgan fingerprint density at radius 3 is 2.56 bits per heavy atom. The van der Waals surface area contributed by atoms with Gasteiger partial charge in [0.1, 0.15) is 0 Å². The third-order valence-corrected chi connectivity index (χ3v) is 4.19. The number of esters is 1. The van der Waals surface area contributed by atoms with E-state index in [1.807, 2.05) is 0 Å². The summed E-state index contributed by atoms with van der Waals surface area (Å²) in [6.45, 7) is 4.69. The molecule has 0 aromatic carbocycles. The highest BCUT2D eigenvalue weighted by molar-refractivity contribution is 7.91. The van der Waals surface area contributed by atoms with Crippen molar-refractivity contribution in [2.45, 2.75) is 25.9 Å². The lowest BCUT2D eigenvalue weighted by Crippen LogP contribution is -2.34. The van der Waals surface area contributed by atoms with Crippen molar-refractivity contribution in [3.8, 4) is 0 Å². The van der Waals surface area contributed by atoms with Crippen LogP contribution < -0.4 is 0 Å². The molecule has 0 saturated heterocycles. The number of hydrogen-bond acceptors (Lipinski definition) is 6. The van der Waals surface area contributed by atoms with Crippen LogP contribution >= 0.6 is 0 Å². The van der Waals surface area contributed by atoms with E-state index in [9.17, 15) is 13.2 Å². The van der Waals surface area contributed by atoms with Gasteiger partial charge in [-0.05, 0) is 26.8 Å². The van der Waals surface area contributed by atoms with Crippen molar-refractivity contribution in [1.29, 1.82) is 0 Å². The van der Waals surface area contributed by atoms with Crippen molar-refractivity contribution < 1.29 is 17.9 Å². The van der Waals surface area contributed by atoms with E-state index in [-0.39, 0.29) is 5.16 Å². The molecule has 0 aliphatic carbocycles. The summed E-state index contributed by atoms with van der Waals surface area (Å²) in [6, 6.07) is 1.60. The molecule has 0 unspecified atom stereocenters. The summed E-state index contributed by atoms with van der Waals surface area (Å²) < 4.78 is 28.8. The molecule has 6 nitrogen and oxygen atoms in total. The minimum atomic E-state index is -3.72. The Morgan fingerprint density at radius 2 is 2.06 bits per heavy atom. The van der Waals surface area contributed by atoms with E-state index >= 15 is 0 Å². The molecular weight excluding hydrogens is 256 g/mol. The monoisotopic (exact) mass is 272 g/mol. The number of aromatic nitrogens is 2. The van der Waals surface area contributed by atoms with Crippen molar-refractivity contribution in [3.63, 3.8) is 0 Å². The molecule has 0 bridgehead atoms. The minimum Gasteiger partial charge on any atom is -0.469 e. The molecular formula is C11H16N2O4S. The van der Waals surface area contributed by atoms with Crippen LogP contribution in [0.15, 0.2) is 17.4 Å². The lowest BCUT2D eigenvalue weighted by Gasteiger charge is -2.20. The molecule has 1 aromatic rings. The number of aryl methyl sites for hydroxylation is 1. The zero-order valence-electron chi connectivity index (χ0n) is 10.8. The zero-order chi connectivity index (χ0) is 14.0. The Hall–Kier alpha value is -1.50. The fourth-order valence-electron chi connectivity index (χ4n) is 1.45. The second-order valence-corrected chi connectivity index (χ2v) is 6.50. The van der Waals surface area contributed by atoms with Gasteiger partial charge >= 0.3 is 5.97 Å². The standard InChI is InChI=1S/C11H16N2O4S/c1-8-5-6-12-10(13-8)18(15,16)7-11(2,3)9(14)17-4/h5-6H,7H2,1-4H3. The quantitative estimate of drug-likeness (QED) is 0.594. The van der Waals surface area contributed by atoms with E-state index in [0.29, 0.717) is 5.69 Å². The molecule has 0 aliphatic heterocycles. The topological polar surface area (TPSA) is 86.2 Å². The Kier molecular flexibility index (Phi) is 4.05. The molecule has 0 atom stereocenters. The first-order valence-electron chi connectivity index (χ1n) is 5.30. The van der Waals surface area contributed by atoms with Crippen molar-refractivity contribution in [1.82, 2.24) is 9.97 Å². The van der Waals surface area contributed by atoms with Crippen molar-refractivity contribution in [3.05, 3.63) is 18.0 Å². The molecule has 0 saturated carbocycles. The van der Waals surface area contributed by atoms with Crippen LogP contribution in [0.5, 0.6) is 0 Å². The van der Waals surface area contributed by atoms with Crippen LogP contribution in [0.4, 0.5) is 0 Å². The molecule has 0 aliphatic rings. The Labute approximate surface area is 106 Å². The summed E-state index contributed by atoms with van der Waals surface area (Å²) in [7, 11) is -2.50. The largest absolute Gasteiger partial charge is 0.469 e. The molecule has 0 fully saturated rings. The van der Waals surface area contributed by atoms with Gasteiger partial charge < -0.3 is 4.74 Å². The minimum absolute atomic E-state index is 0.264. The summed E-state index contributed by atoms with van der Waals surface area (Å²) in [5.41, 5.74) is -0.583. The zero-order valence-corrected chi connectivity index (χ0v) is 11.6. The third-order valence-electron chi connectivity index (χ3n) is 2.34. The first kappa shape index (κ1) is 14.6. The summed E-state index contributed by atoms with van der Waals surface area (Å²) in [5.74, 6) is -0.977. The molecule has 100 valence electrons. The molecule has 18 heavy (non-hydrogen) atoms. The maximum atomic E-state index is 12.1. The first-order valence-corrected chi connectivity index (χ1v) is 6.95. The van der Waals surface area contributed by atoms with Crippen LogP contribution in [-0.4, -0.2) is 37.2 Å². The molecule has 0 radical (unpaired) electrons. The fraction of sp³-hybridized carbons (Fsp3) is 0.545. The first-order chi connectivity index (χ1) is 8.19. The van der Waals surface area contributed by atoms with Crippen LogP contribution in [0.1, 0.15) is 19.5 Å². The second-order valence-electron chi connectivity index (χ2n) is 4.62. The average Bonchev–Trinajstić information content (AvgIpc) is 2.26. The van der Waals surface area contributed by atoms with Gasteiger partial charge in [-0.3, -0.25) is 4.79 Å². The van der Waals surface area contributed by atoms with E-state index in [4.69, 9.17) is 0 Å². The number of rotatable bonds is 4. The molecule has 1 aromatic heterocycles. The number of carbonyl (C=O) groups is 1. The van der Waals surface area contributed by atoms with Gasteiger partial charge in [0.05, 0.1) is 18.3 Å². The fourth-order valence-corrected chi connectivity index (χ4v) is 3.15. The van der Waals surface area contributed by atoms with Crippen LogP contribution in [0, 0.1) is 12.3 Å². The molecule has 1 rings (SSSR count). The SMILES string of the molecule is COC(=O)C(C)(C)CS(=O)(=O)c1nccc(C)n1. The number of ether oxygens (including phenoxy) is 1. The maximum Gasteiger partial charge on any atom is 0.312 e. The lowest BCUT2D eigenvalue weighted by atomic mass is 9.97. The van der Waals surface area contributed by atoms with Crippen molar-refractivity contribution >= 4 is 15.8 Å². The number of methoxy groups -OCH3 is 1. The van der Waals surface area contributed by atoms with E-state index < -0.39 is 27.0 Å². The molecule has 0 amide bonds. The smallest absolute Gasteiger partial charge is 0.312 e. The van der Waals surface area contributed by atoms with Gasteiger partial charge in [-0.15, -0.1) is 0 Å². The van der Waals surface area contributed by atoms with Gasteiger partial charge in [0.2, 0.25) is 15.0 Å². The normalized spacial score (nSPS) is 12.2. The van der Waals surface area contributed by atoms with Gasteiger partial charge in [-0.1, -0.05) is 0 Å². The van der Waals surface area contributed by atoms with Gasteiger partial charge in [0.15, 0.2) is 0 Å². The predicted octanol–water partition coefficient (Wildman–Crippen LogP) is 0.758. The van der Waals surface area contributed by atoms with E-state index in [0.717, 1.165) is 0 Å². The van der Waals surface area contributed by atoms with Gasteiger partial charge in [-0.2, -0.15) is 0 Å². The maximum absolute atomic E-state index is 12.1. The van der Waals surface area contributed by atoms with Crippen molar-refractivity contribution in [2.75, 3.05) is 12.9 Å². The predicted molar refractivity (Wildman–Crippen MR) is 64.6 cm³/mol.